The molecule has 73 heavy (non-hydrogen) atoms. The number of ether oxygens (including phenoxy) is 3. The number of unbranched alkanes of at least 4 members (excludes halogenated alkanes) is 46. The first-order valence-corrected chi connectivity index (χ1v) is 32.8. The highest BCUT2D eigenvalue weighted by Crippen LogP contribution is 2.18. The van der Waals surface area contributed by atoms with Gasteiger partial charge in [0.1, 0.15) is 13.2 Å². The summed E-state index contributed by atoms with van der Waals surface area (Å²) in [6, 6.07) is 0. The number of carbonyl (C=O) groups excluding carboxylic acids is 3. The van der Waals surface area contributed by atoms with Crippen LogP contribution in [0.5, 0.6) is 0 Å². The van der Waals surface area contributed by atoms with Gasteiger partial charge >= 0.3 is 17.9 Å². The SMILES string of the molecule is CCCCC/C=C\CCCCCCCC(=O)OCC(COC(=O)CCCCCCCCCCCCCCCCCCCCCCCCCCCCC)OC(=O)CCCCCCC/C=C\CCCCCCCCC. The fraction of sp³-hybridized carbons (Fsp3) is 0.896. The molecular weight excluding hydrogens is 901 g/mol. The van der Waals surface area contributed by atoms with Crippen LogP contribution in [0.15, 0.2) is 24.3 Å². The molecule has 0 N–H and O–H groups in total. The maximum absolute atomic E-state index is 12.9. The maximum Gasteiger partial charge on any atom is 0.306 e. The van der Waals surface area contributed by atoms with E-state index in [0.717, 1.165) is 70.6 Å². The quantitative estimate of drug-likeness (QED) is 0.0261. The van der Waals surface area contributed by atoms with E-state index in [-0.39, 0.29) is 31.1 Å². The van der Waals surface area contributed by atoms with Crippen LogP contribution < -0.4 is 0 Å². The normalized spacial score (nSPS) is 12.1. The Labute approximate surface area is 455 Å². The van der Waals surface area contributed by atoms with E-state index in [2.05, 4.69) is 45.1 Å². The van der Waals surface area contributed by atoms with Gasteiger partial charge in [0.25, 0.3) is 0 Å². The Morgan fingerprint density at radius 2 is 0.452 bits per heavy atom. The zero-order valence-electron chi connectivity index (χ0n) is 49.4. The predicted octanol–water partition coefficient (Wildman–Crippen LogP) is 22.2. The summed E-state index contributed by atoms with van der Waals surface area (Å²) in [4.78, 5) is 38.2. The Balaban J connectivity index is 4.17. The molecule has 0 aliphatic rings. The predicted molar refractivity (Wildman–Crippen MR) is 316 cm³/mol. The van der Waals surface area contributed by atoms with E-state index in [1.165, 1.54) is 257 Å². The fourth-order valence-electron chi connectivity index (χ4n) is 9.97. The minimum Gasteiger partial charge on any atom is -0.462 e. The monoisotopic (exact) mass is 1030 g/mol. The van der Waals surface area contributed by atoms with Crippen LogP contribution in [0.2, 0.25) is 0 Å². The Hall–Kier alpha value is -2.11. The van der Waals surface area contributed by atoms with Gasteiger partial charge in [-0.25, -0.2) is 0 Å². The van der Waals surface area contributed by atoms with Gasteiger partial charge < -0.3 is 14.2 Å². The molecule has 0 aliphatic heterocycles. The van der Waals surface area contributed by atoms with Crippen LogP contribution in [-0.4, -0.2) is 37.2 Å². The zero-order chi connectivity index (χ0) is 52.9. The Morgan fingerprint density at radius 3 is 0.712 bits per heavy atom. The topological polar surface area (TPSA) is 78.9 Å². The van der Waals surface area contributed by atoms with Gasteiger partial charge in [-0.1, -0.05) is 302 Å². The number of carbonyl (C=O) groups is 3. The lowest BCUT2D eigenvalue weighted by molar-refractivity contribution is -0.167. The number of allylic oxidation sites excluding steroid dienone is 4. The smallest absolute Gasteiger partial charge is 0.306 e. The molecule has 1 unspecified atom stereocenters. The third kappa shape index (κ3) is 60.6. The maximum atomic E-state index is 12.9. The zero-order valence-corrected chi connectivity index (χ0v) is 49.4. The number of rotatable bonds is 61. The molecule has 0 aromatic heterocycles. The van der Waals surface area contributed by atoms with Crippen LogP contribution in [0.25, 0.3) is 0 Å². The molecule has 0 rings (SSSR count). The molecule has 0 fully saturated rings. The Morgan fingerprint density at radius 1 is 0.260 bits per heavy atom. The van der Waals surface area contributed by atoms with Crippen molar-refractivity contribution in [1.29, 1.82) is 0 Å². The molecule has 0 spiro atoms. The number of hydrogen-bond acceptors (Lipinski definition) is 6. The summed E-state index contributed by atoms with van der Waals surface area (Å²) in [6.45, 7) is 6.66. The van der Waals surface area contributed by atoms with E-state index in [9.17, 15) is 14.4 Å². The largest absolute Gasteiger partial charge is 0.462 e. The van der Waals surface area contributed by atoms with Crippen molar-refractivity contribution in [2.45, 2.75) is 374 Å². The summed E-state index contributed by atoms with van der Waals surface area (Å²) in [5.41, 5.74) is 0. The Bertz CT molecular complexity index is 1180. The first-order chi connectivity index (χ1) is 36.0. The standard InChI is InChI=1S/C67H126O6/c1-4-7-10-13-16-19-22-25-27-29-30-31-32-33-34-35-36-37-38-39-41-42-45-48-51-54-57-60-66(69)72-63-64(62-71-65(68)59-56-53-50-47-44-24-21-18-15-12-9-6-3)73-67(70)61-58-55-52-49-46-43-40-28-26-23-20-17-14-11-8-5-2/h18,21,28,40,64H,4-17,19-20,22-27,29-39,41-63H2,1-3H3/b21-18-,40-28-. The van der Waals surface area contributed by atoms with Gasteiger partial charge in [-0.3, -0.25) is 14.4 Å². The van der Waals surface area contributed by atoms with Crippen molar-refractivity contribution < 1.29 is 28.6 Å². The average Bonchev–Trinajstić information content (AvgIpc) is 3.39. The summed E-state index contributed by atoms with van der Waals surface area (Å²) in [5.74, 6) is -0.867. The van der Waals surface area contributed by atoms with E-state index >= 15 is 0 Å². The van der Waals surface area contributed by atoms with E-state index in [4.69, 9.17) is 14.2 Å². The minimum atomic E-state index is -0.776. The van der Waals surface area contributed by atoms with Crippen LogP contribution in [-0.2, 0) is 28.6 Å². The van der Waals surface area contributed by atoms with Gasteiger partial charge in [0.05, 0.1) is 0 Å². The molecular formula is C67H126O6. The summed E-state index contributed by atoms with van der Waals surface area (Å²) in [7, 11) is 0. The molecule has 0 aromatic rings. The molecule has 0 aromatic carbocycles. The van der Waals surface area contributed by atoms with Crippen LogP contribution >= 0.6 is 0 Å². The highest BCUT2D eigenvalue weighted by Gasteiger charge is 2.19. The molecule has 0 aliphatic carbocycles. The number of hydrogen-bond donors (Lipinski definition) is 0. The van der Waals surface area contributed by atoms with Crippen molar-refractivity contribution in [3.05, 3.63) is 24.3 Å². The molecule has 0 amide bonds. The number of esters is 3. The van der Waals surface area contributed by atoms with Crippen molar-refractivity contribution in [3.63, 3.8) is 0 Å². The van der Waals surface area contributed by atoms with Crippen molar-refractivity contribution in [2.75, 3.05) is 13.2 Å². The van der Waals surface area contributed by atoms with Crippen LogP contribution in [0.3, 0.4) is 0 Å². The van der Waals surface area contributed by atoms with Crippen LogP contribution in [0.1, 0.15) is 367 Å². The molecule has 430 valence electrons. The van der Waals surface area contributed by atoms with E-state index in [1.54, 1.807) is 0 Å². The second-order valence-electron chi connectivity index (χ2n) is 22.4. The lowest BCUT2D eigenvalue weighted by atomic mass is 10.0. The molecule has 0 bridgehead atoms. The third-order valence-electron chi connectivity index (χ3n) is 14.9. The minimum absolute atomic E-state index is 0.0725. The van der Waals surface area contributed by atoms with E-state index in [1.807, 2.05) is 0 Å². The third-order valence-corrected chi connectivity index (χ3v) is 14.9. The summed E-state index contributed by atoms with van der Waals surface area (Å²) in [6.07, 6.45) is 74.9. The average molecular weight is 1030 g/mol. The van der Waals surface area contributed by atoms with Crippen molar-refractivity contribution in [3.8, 4) is 0 Å². The van der Waals surface area contributed by atoms with Gasteiger partial charge in [0.2, 0.25) is 0 Å². The first kappa shape index (κ1) is 70.9. The molecule has 6 heteroatoms. The van der Waals surface area contributed by atoms with Crippen LogP contribution in [0, 0.1) is 0 Å². The lowest BCUT2D eigenvalue weighted by Gasteiger charge is -2.18. The molecule has 0 heterocycles. The Kier molecular flexibility index (Phi) is 60.6. The van der Waals surface area contributed by atoms with Crippen molar-refractivity contribution >= 4 is 17.9 Å². The molecule has 0 radical (unpaired) electrons. The van der Waals surface area contributed by atoms with Crippen LogP contribution in [0.4, 0.5) is 0 Å². The molecule has 1 atom stereocenters. The highest BCUT2D eigenvalue weighted by molar-refractivity contribution is 5.71. The van der Waals surface area contributed by atoms with Gasteiger partial charge in [0, 0.05) is 19.3 Å². The summed E-state index contributed by atoms with van der Waals surface area (Å²) < 4.78 is 16.9. The van der Waals surface area contributed by atoms with Gasteiger partial charge in [0.15, 0.2) is 6.10 Å². The second-order valence-corrected chi connectivity index (χ2v) is 22.4. The highest BCUT2D eigenvalue weighted by atomic mass is 16.6. The lowest BCUT2D eigenvalue weighted by Crippen LogP contribution is -2.30. The van der Waals surface area contributed by atoms with Gasteiger partial charge in [-0.15, -0.1) is 0 Å². The molecule has 6 nitrogen and oxygen atoms in total. The fourth-order valence-corrected chi connectivity index (χ4v) is 9.97. The first-order valence-electron chi connectivity index (χ1n) is 32.8. The van der Waals surface area contributed by atoms with Crippen molar-refractivity contribution in [1.82, 2.24) is 0 Å². The second kappa shape index (κ2) is 62.4. The van der Waals surface area contributed by atoms with E-state index < -0.39 is 6.10 Å². The molecule has 0 saturated carbocycles. The van der Waals surface area contributed by atoms with Gasteiger partial charge in [-0.2, -0.15) is 0 Å². The summed E-state index contributed by atoms with van der Waals surface area (Å²) in [5, 5.41) is 0. The van der Waals surface area contributed by atoms with Gasteiger partial charge in [-0.05, 0) is 70.6 Å². The van der Waals surface area contributed by atoms with Crippen molar-refractivity contribution in [2.24, 2.45) is 0 Å². The van der Waals surface area contributed by atoms with E-state index in [0.29, 0.717) is 19.3 Å². The summed E-state index contributed by atoms with van der Waals surface area (Å²) >= 11 is 0. The molecule has 0 saturated heterocycles.